The first-order chi connectivity index (χ1) is 31.9. The van der Waals surface area contributed by atoms with Gasteiger partial charge in [-0.1, -0.05) is 87.1 Å². The number of nitrogens with zero attached hydrogens (tertiary/aromatic N) is 3. The van der Waals surface area contributed by atoms with E-state index in [9.17, 15) is 24.6 Å². The number of aliphatic hydroxyl groups is 2. The van der Waals surface area contributed by atoms with Crippen LogP contribution in [0.3, 0.4) is 0 Å². The van der Waals surface area contributed by atoms with Crippen LogP contribution in [0, 0.1) is 0 Å². The summed E-state index contributed by atoms with van der Waals surface area (Å²) < 4.78 is 20.4. The van der Waals surface area contributed by atoms with Crippen molar-refractivity contribution in [1.29, 1.82) is 0 Å². The molecule has 2 saturated carbocycles. The molecule has 13 nitrogen and oxygen atoms in total. The number of aliphatic carboxylic acids is 1. The first kappa shape index (κ1) is 55.7. The third kappa shape index (κ3) is 18.2. The fourth-order valence-corrected chi connectivity index (χ4v) is 8.48. The highest BCUT2D eigenvalue weighted by Gasteiger charge is 2.44. The van der Waals surface area contributed by atoms with Gasteiger partial charge in [0.05, 0.1) is 58.4 Å². The van der Waals surface area contributed by atoms with Gasteiger partial charge in [0.2, 0.25) is 11.8 Å². The molecule has 2 amide bonds. The van der Waals surface area contributed by atoms with Crippen LogP contribution < -0.4 is 18.9 Å². The molecule has 0 heterocycles. The Hall–Kier alpha value is -5.63. The summed E-state index contributed by atoms with van der Waals surface area (Å²) >= 11 is 0. The average Bonchev–Trinajstić information content (AvgIpc) is 3.32. The van der Waals surface area contributed by atoms with Crippen LogP contribution in [0.25, 0.3) is 0 Å². The van der Waals surface area contributed by atoms with Gasteiger partial charge in [0.1, 0.15) is 23.0 Å². The first-order valence-corrected chi connectivity index (χ1v) is 23.1. The molecule has 2 unspecified atom stereocenters. The zero-order valence-electron chi connectivity index (χ0n) is 41.6. The van der Waals surface area contributed by atoms with E-state index in [1.54, 1.807) is 90.7 Å². The summed E-state index contributed by atoms with van der Waals surface area (Å²) in [4.78, 5) is 39.6. The monoisotopic (exact) mass is 928 g/mol. The van der Waals surface area contributed by atoms with Crippen LogP contribution in [0.1, 0.15) is 98.3 Å². The normalized spacial score (nSPS) is 15.5. The van der Waals surface area contributed by atoms with Crippen molar-refractivity contribution in [2.45, 2.75) is 100 Å². The van der Waals surface area contributed by atoms with E-state index >= 15 is 0 Å². The second-order valence-corrected chi connectivity index (χ2v) is 18.1. The van der Waals surface area contributed by atoms with Gasteiger partial charge in [0.25, 0.3) is 0 Å². The highest BCUT2D eigenvalue weighted by molar-refractivity contribution is 5.85. The Kier molecular flexibility index (Phi) is 23.2. The van der Waals surface area contributed by atoms with Crippen LogP contribution in [-0.2, 0) is 27.2 Å². The molecule has 2 atom stereocenters. The molecule has 0 radical (unpaired) electrons. The number of amides is 2. The lowest BCUT2D eigenvalue weighted by Crippen LogP contribution is -2.46. The predicted octanol–water partition coefficient (Wildman–Crippen LogP) is 8.25. The fourth-order valence-electron chi connectivity index (χ4n) is 8.48. The Morgan fingerprint density at radius 3 is 1.21 bits per heavy atom. The number of carbonyl (C=O) groups excluding carboxylic acids is 2. The van der Waals surface area contributed by atoms with Crippen molar-refractivity contribution < 1.29 is 48.7 Å². The SMILES string of the molecule is COc1ccc(C(C(=O)N(C)C)C2(O)CCCCC2)cc1.COc1ccc(C(CN(C)C)C2(O)CCCCC2)cc1.COc1ccc(CC(=O)N(C)C)cc1.COc1ccc(CC(=O)O)cc1. The van der Waals surface area contributed by atoms with Crippen molar-refractivity contribution in [2.75, 3.05) is 77.3 Å². The Morgan fingerprint density at radius 1 is 0.507 bits per heavy atom. The molecule has 3 N–H and O–H groups in total. The van der Waals surface area contributed by atoms with E-state index in [0.29, 0.717) is 19.3 Å². The molecule has 0 saturated heterocycles. The van der Waals surface area contributed by atoms with Crippen molar-refractivity contribution in [3.05, 3.63) is 119 Å². The molecule has 0 bridgehead atoms. The largest absolute Gasteiger partial charge is 0.497 e. The summed E-state index contributed by atoms with van der Waals surface area (Å²) in [6.07, 6.45) is 10.3. The Labute approximate surface area is 399 Å². The third-order valence-electron chi connectivity index (χ3n) is 12.4. The maximum Gasteiger partial charge on any atom is 0.307 e. The van der Waals surface area contributed by atoms with Gasteiger partial charge < -0.3 is 49.0 Å². The van der Waals surface area contributed by atoms with Gasteiger partial charge in [-0.15, -0.1) is 0 Å². The molecule has 2 aliphatic rings. The van der Waals surface area contributed by atoms with Crippen molar-refractivity contribution in [3.63, 3.8) is 0 Å². The molecule has 0 aromatic heterocycles. The zero-order valence-corrected chi connectivity index (χ0v) is 41.6. The van der Waals surface area contributed by atoms with Gasteiger partial charge in [0, 0.05) is 40.7 Å². The van der Waals surface area contributed by atoms with E-state index < -0.39 is 23.1 Å². The van der Waals surface area contributed by atoms with E-state index in [1.807, 2.05) is 60.7 Å². The number of hydrogen-bond acceptors (Lipinski definition) is 10. The van der Waals surface area contributed by atoms with Gasteiger partial charge in [-0.05, 0) is 111 Å². The lowest BCUT2D eigenvalue weighted by Gasteiger charge is -2.40. The Balaban J connectivity index is 0.000000243. The van der Waals surface area contributed by atoms with E-state index in [2.05, 4.69) is 31.1 Å². The molecule has 13 heteroatoms. The van der Waals surface area contributed by atoms with Crippen molar-refractivity contribution in [3.8, 4) is 23.0 Å². The summed E-state index contributed by atoms with van der Waals surface area (Å²) in [6, 6.07) is 30.1. The molecule has 6 rings (SSSR count). The number of hydrogen-bond donors (Lipinski definition) is 3. The standard InChI is InChI=1S/C17H25NO3.C17H27NO2.C11H15NO2.C9H10O3/c1-18(2)16(19)15(17(20)11-5-4-6-12-17)13-7-9-14(21-3)10-8-13;1-18(2)13-16(17(19)11-5-4-6-12-17)14-7-9-15(20-3)10-8-14;1-12(2)11(13)8-9-4-6-10(14-3)7-5-9;1-12-8-4-2-7(3-5-8)6-9(10)11/h7-10,15,20H,4-6,11-12H2,1-3H3;7-10,16,19H,4-6,11-13H2,1-3H3;4-7H,8H2,1-3H3;2-5H,6H2,1H3,(H,10,11). The lowest BCUT2D eigenvalue weighted by atomic mass is 9.72. The summed E-state index contributed by atoms with van der Waals surface area (Å²) in [5.74, 6) is 2.09. The Morgan fingerprint density at radius 2 is 0.866 bits per heavy atom. The van der Waals surface area contributed by atoms with Crippen LogP contribution in [0.15, 0.2) is 97.1 Å². The molecule has 2 aliphatic carbocycles. The van der Waals surface area contributed by atoms with Crippen molar-refractivity contribution in [2.24, 2.45) is 0 Å². The number of likely N-dealkylation sites (N-methyl/N-ethyl adjacent to an activating group) is 3. The fraction of sp³-hybridized carbons (Fsp3) is 0.500. The number of carboxylic acid groups (broad SMARTS) is 1. The molecule has 0 spiro atoms. The number of ether oxygens (including phenoxy) is 4. The van der Waals surface area contributed by atoms with Crippen LogP contribution in [0.4, 0.5) is 0 Å². The number of carboxylic acids is 1. The third-order valence-corrected chi connectivity index (χ3v) is 12.4. The number of benzene rings is 4. The topological polar surface area (TPSA) is 159 Å². The van der Waals surface area contributed by atoms with E-state index in [0.717, 1.165) is 91.2 Å². The molecule has 4 aromatic carbocycles. The second-order valence-electron chi connectivity index (χ2n) is 18.1. The molecule has 2 fully saturated rings. The van der Waals surface area contributed by atoms with Crippen LogP contribution in [0.2, 0.25) is 0 Å². The predicted molar refractivity (Wildman–Crippen MR) is 265 cm³/mol. The number of methoxy groups -OCH3 is 4. The van der Waals surface area contributed by atoms with Crippen molar-refractivity contribution in [1.82, 2.24) is 14.7 Å². The van der Waals surface area contributed by atoms with E-state index in [-0.39, 0.29) is 24.2 Å². The van der Waals surface area contributed by atoms with Crippen molar-refractivity contribution >= 4 is 17.8 Å². The molecule has 67 heavy (non-hydrogen) atoms. The van der Waals surface area contributed by atoms with Crippen LogP contribution >= 0.6 is 0 Å². The summed E-state index contributed by atoms with van der Waals surface area (Å²) in [5, 5.41) is 30.6. The maximum absolute atomic E-state index is 12.6. The van der Waals surface area contributed by atoms with Gasteiger partial charge in [-0.3, -0.25) is 14.4 Å². The minimum absolute atomic E-state index is 0.0374. The van der Waals surface area contributed by atoms with Gasteiger partial charge >= 0.3 is 5.97 Å². The quantitative estimate of drug-likeness (QED) is 0.105. The van der Waals surface area contributed by atoms with Crippen LogP contribution in [-0.4, -0.2) is 136 Å². The number of rotatable bonds is 15. The summed E-state index contributed by atoms with van der Waals surface area (Å²) in [6.45, 7) is 0.878. The molecule has 368 valence electrons. The molecule has 0 aliphatic heterocycles. The highest BCUT2D eigenvalue weighted by Crippen LogP contribution is 2.42. The molecular formula is C54H77N3O10. The lowest BCUT2D eigenvalue weighted by molar-refractivity contribution is -0.139. The number of carbonyl (C=O) groups is 3. The van der Waals surface area contributed by atoms with Gasteiger partial charge in [-0.25, -0.2) is 0 Å². The molecular weight excluding hydrogens is 851 g/mol. The second kappa shape index (κ2) is 27.9. The Bertz CT molecular complexity index is 2040. The zero-order chi connectivity index (χ0) is 49.6. The smallest absolute Gasteiger partial charge is 0.307 e. The summed E-state index contributed by atoms with van der Waals surface area (Å²) in [5.41, 5.74) is 2.36. The van der Waals surface area contributed by atoms with Crippen LogP contribution in [0.5, 0.6) is 23.0 Å². The van der Waals surface area contributed by atoms with Gasteiger partial charge in [-0.2, -0.15) is 0 Å². The average molecular weight is 928 g/mol. The highest BCUT2D eigenvalue weighted by atomic mass is 16.5. The first-order valence-electron chi connectivity index (χ1n) is 23.1. The van der Waals surface area contributed by atoms with E-state index in [4.69, 9.17) is 24.1 Å². The molecule has 4 aromatic rings. The maximum atomic E-state index is 12.6. The minimum atomic E-state index is -0.936. The summed E-state index contributed by atoms with van der Waals surface area (Å²) in [7, 11) is 17.6. The van der Waals surface area contributed by atoms with Gasteiger partial charge in [0.15, 0.2) is 0 Å². The van der Waals surface area contributed by atoms with E-state index in [1.165, 1.54) is 12.0 Å². The minimum Gasteiger partial charge on any atom is -0.497 e.